The Morgan fingerprint density at radius 2 is 2.15 bits per heavy atom. The number of hydrogen-bond donors (Lipinski definition) is 1. The van der Waals surface area contributed by atoms with Crippen LogP contribution in [0, 0.1) is 0 Å². The lowest BCUT2D eigenvalue weighted by molar-refractivity contribution is 0.0979. The molecule has 0 spiro atoms. The first kappa shape index (κ1) is 13.9. The number of ether oxygens (including phenoxy) is 1. The molecule has 0 radical (unpaired) electrons. The second-order valence-corrected chi connectivity index (χ2v) is 6.22. The van der Waals surface area contributed by atoms with Crippen molar-refractivity contribution < 1.29 is 4.74 Å². The van der Waals surface area contributed by atoms with Crippen molar-refractivity contribution in [2.24, 2.45) is 0 Å². The normalized spacial score (nSPS) is 22.6. The van der Waals surface area contributed by atoms with Gasteiger partial charge in [-0.15, -0.1) is 0 Å². The van der Waals surface area contributed by atoms with Gasteiger partial charge in [0.15, 0.2) is 0 Å². The molecule has 1 aromatic carbocycles. The zero-order valence-corrected chi connectivity index (χ0v) is 12.3. The van der Waals surface area contributed by atoms with Gasteiger partial charge < -0.3 is 10.5 Å². The summed E-state index contributed by atoms with van der Waals surface area (Å²) in [5.41, 5.74) is 8.09. The molecule has 0 amide bonds. The molecule has 20 heavy (non-hydrogen) atoms. The van der Waals surface area contributed by atoms with E-state index in [1.807, 2.05) is 6.07 Å². The number of rotatable bonds is 7. The van der Waals surface area contributed by atoms with E-state index < -0.39 is 0 Å². The van der Waals surface area contributed by atoms with Gasteiger partial charge in [-0.3, -0.25) is 4.90 Å². The maximum Gasteiger partial charge on any atom is 0.0576 e. The molecule has 1 aromatic rings. The number of nitrogens with zero attached hydrogens (tertiary/aromatic N) is 1. The molecule has 2 fully saturated rings. The van der Waals surface area contributed by atoms with Crippen molar-refractivity contribution in [3.63, 3.8) is 0 Å². The van der Waals surface area contributed by atoms with E-state index >= 15 is 0 Å². The van der Waals surface area contributed by atoms with Gasteiger partial charge in [0.1, 0.15) is 0 Å². The van der Waals surface area contributed by atoms with Gasteiger partial charge in [-0.2, -0.15) is 0 Å². The van der Waals surface area contributed by atoms with E-state index in [4.69, 9.17) is 10.5 Å². The van der Waals surface area contributed by atoms with Gasteiger partial charge in [-0.1, -0.05) is 12.1 Å². The van der Waals surface area contributed by atoms with Crippen LogP contribution in [-0.4, -0.2) is 30.2 Å². The Morgan fingerprint density at radius 3 is 2.85 bits per heavy atom. The number of anilines is 1. The van der Waals surface area contributed by atoms with Crippen molar-refractivity contribution in [2.75, 3.05) is 18.9 Å². The molecule has 1 aliphatic carbocycles. The molecule has 1 saturated heterocycles. The molecular weight excluding hydrogens is 248 g/mol. The van der Waals surface area contributed by atoms with Gasteiger partial charge in [0, 0.05) is 24.9 Å². The summed E-state index contributed by atoms with van der Waals surface area (Å²) in [6, 6.07) is 9.12. The van der Waals surface area contributed by atoms with Crippen LogP contribution in [0.2, 0.25) is 0 Å². The first-order valence-electron chi connectivity index (χ1n) is 8.01. The van der Waals surface area contributed by atoms with E-state index in [1.54, 1.807) is 0 Å². The standard InChI is InChI=1S/C17H26N2O/c18-15-5-1-4-14(12-15)13-19(16-8-9-16)10-2-6-17-7-3-11-20-17/h1,4-5,12,16-17H,2-3,6-11,13,18H2. The van der Waals surface area contributed by atoms with Gasteiger partial charge in [0.2, 0.25) is 0 Å². The van der Waals surface area contributed by atoms with Crippen LogP contribution in [0.5, 0.6) is 0 Å². The number of hydrogen-bond acceptors (Lipinski definition) is 3. The quantitative estimate of drug-likeness (QED) is 0.776. The summed E-state index contributed by atoms with van der Waals surface area (Å²) < 4.78 is 5.71. The fourth-order valence-corrected chi connectivity index (χ4v) is 3.15. The third-order valence-corrected chi connectivity index (χ3v) is 4.40. The molecule has 2 N–H and O–H groups in total. The van der Waals surface area contributed by atoms with E-state index in [-0.39, 0.29) is 0 Å². The Hall–Kier alpha value is -1.06. The summed E-state index contributed by atoms with van der Waals surface area (Å²) in [5.74, 6) is 0. The molecule has 1 aliphatic heterocycles. The highest BCUT2D eigenvalue weighted by Gasteiger charge is 2.28. The maximum absolute atomic E-state index is 5.87. The highest BCUT2D eigenvalue weighted by Crippen LogP contribution is 2.29. The van der Waals surface area contributed by atoms with Gasteiger partial charge in [0.25, 0.3) is 0 Å². The average molecular weight is 274 g/mol. The van der Waals surface area contributed by atoms with Crippen LogP contribution >= 0.6 is 0 Å². The first-order valence-corrected chi connectivity index (χ1v) is 8.01. The molecule has 1 heterocycles. The SMILES string of the molecule is Nc1cccc(CN(CCCC2CCCO2)C2CC2)c1. The molecule has 0 aromatic heterocycles. The first-order chi connectivity index (χ1) is 9.81. The summed E-state index contributed by atoms with van der Waals surface area (Å²) in [6.07, 6.45) is 8.25. The van der Waals surface area contributed by atoms with Gasteiger partial charge in [-0.05, 0) is 62.8 Å². The molecule has 0 bridgehead atoms. The summed E-state index contributed by atoms with van der Waals surface area (Å²) >= 11 is 0. The minimum atomic E-state index is 0.531. The zero-order valence-electron chi connectivity index (χ0n) is 12.3. The molecule has 1 saturated carbocycles. The van der Waals surface area contributed by atoms with Crippen LogP contribution in [0.4, 0.5) is 5.69 Å². The van der Waals surface area contributed by atoms with Crippen molar-refractivity contribution in [3.8, 4) is 0 Å². The second kappa shape index (κ2) is 6.59. The largest absolute Gasteiger partial charge is 0.399 e. The molecule has 1 unspecified atom stereocenters. The fourth-order valence-electron chi connectivity index (χ4n) is 3.15. The lowest BCUT2D eigenvalue weighted by atomic mass is 10.1. The Balaban J connectivity index is 1.48. The van der Waals surface area contributed by atoms with E-state index in [0.29, 0.717) is 6.10 Å². The molecule has 3 heteroatoms. The summed E-state index contributed by atoms with van der Waals surface area (Å²) in [5, 5.41) is 0. The Bertz CT molecular complexity index is 425. The molecule has 3 nitrogen and oxygen atoms in total. The van der Waals surface area contributed by atoms with Crippen LogP contribution in [0.1, 0.15) is 44.1 Å². The summed E-state index contributed by atoms with van der Waals surface area (Å²) in [6.45, 7) is 3.21. The van der Waals surface area contributed by atoms with Gasteiger partial charge >= 0.3 is 0 Å². The number of nitrogen functional groups attached to an aromatic ring is 1. The predicted molar refractivity (Wildman–Crippen MR) is 82.5 cm³/mol. The Kier molecular flexibility index (Phi) is 4.58. The zero-order chi connectivity index (χ0) is 13.8. The Morgan fingerprint density at radius 1 is 1.25 bits per heavy atom. The molecule has 110 valence electrons. The third kappa shape index (κ3) is 3.97. The monoisotopic (exact) mass is 274 g/mol. The van der Waals surface area contributed by atoms with E-state index in [0.717, 1.165) is 24.9 Å². The highest BCUT2D eigenvalue weighted by molar-refractivity contribution is 5.40. The smallest absolute Gasteiger partial charge is 0.0576 e. The average Bonchev–Trinajstić information content (AvgIpc) is 3.15. The number of nitrogens with two attached hydrogens (primary N) is 1. The van der Waals surface area contributed by atoms with E-state index in [2.05, 4.69) is 23.1 Å². The van der Waals surface area contributed by atoms with Crippen molar-refractivity contribution >= 4 is 5.69 Å². The van der Waals surface area contributed by atoms with Crippen molar-refractivity contribution in [3.05, 3.63) is 29.8 Å². The molecule has 3 rings (SSSR count). The van der Waals surface area contributed by atoms with Crippen LogP contribution in [0.25, 0.3) is 0 Å². The summed E-state index contributed by atoms with van der Waals surface area (Å²) in [4.78, 5) is 2.63. The van der Waals surface area contributed by atoms with Crippen molar-refractivity contribution in [1.29, 1.82) is 0 Å². The fraction of sp³-hybridized carbons (Fsp3) is 0.647. The van der Waals surface area contributed by atoms with Gasteiger partial charge in [-0.25, -0.2) is 0 Å². The van der Waals surface area contributed by atoms with Gasteiger partial charge in [0.05, 0.1) is 6.10 Å². The maximum atomic E-state index is 5.87. The topological polar surface area (TPSA) is 38.5 Å². The molecule has 1 atom stereocenters. The van der Waals surface area contributed by atoms with E-state index in [1.165, 1.54) is 50.6 Å². The minimum Gasteiger partial charge on any atom is -0.399 e. The summed E-state index contributed by atoms with van der Waals surface area (Å²) in [7, 11) is 0. The lowest BCUT2D eigenvalue weighted by Gasteiger charge is -2.23. The predicted octanol–water partition coefficient (Wildman–Crippen LogP) is 3.19. The highest BCUT2D eigenvalue weighted by atomic mass is 16.5. The van der Waals surface area contributed by atoms with Crippen molar-refractivity contribution in [2.45, 2.75) is 57.2 Å². The number of benzene rings is 1. The third-order valence-electron chi connectivity index (χ3n) is 4.40. The second-order valence-electron chi connectivity index (χ2n) is 6.22. The van der Waals surface area contributed by atoms with Crippen LogP contribution in [0.3, 0.4) is 0 Å². The van der Waals surface area contributed by atoms with Crippen LogP contribution in [0.15, 0.2) is 24.3 Å². The Labute approximate surface area is 122 Å². The van der Waals surface area contributed by atoms with Crippen LogP contribution < -0.4 is 5.73 Å². The molecule has 2 aliphatic rings. The molecular formula is C17H26N2O. The van der Waals surface area contributed by atoms with E-state index in [9.17, 15) is 0 Å². The van der Waals surface area contributed by atoms with Crippen molar-refractivity contribution in [1.82, 2.24) is 4.90 Å². The van der Waals surface area contributed by atoms with Crippen LogP contribution in [-0.2, 0) is 11.3 Å². The lowest BCUT2D eigenvalue weighted by Crippen LogP contribution is -2.27. The minimum absolute atomic E-state index is 0.531.